The van der Waals surface area contributed by atoms with Gasteiger partial charge in [-0.05, 0) is 62.4 Å². The Labute approximate surface area is 152 Å². The number of piperidine rings is 1. The predicted octanol–water partition coefficient (Wildman–Crippen LogP) is 3.83. The molecule has 0 radical (unpaired) electrons. The summed E-state index contributed by atoms with van der Waals surface area (Å²) in [4.78, 5) is 12.3. The minimum absolute atomic E-state index is 0.00651. The Hall–Kier alpha value is -1.76. The van der Waals surface area contributed by atoms with E-state index >= 15 is 0 Å². The molecule has 2 rings (SSSR count). The fourth-order valence-corrected chi connectivity index (χ4v) is 3.23. The summed E-state index contributed by atoms with van der Waals surface area (Å²) in [6.45, 7) is 4.66. The van der Waals surface area contributed by atoms with Crippen molar-refractivity contribution in [2.75, 3.05) is 19.7 Å². The highest BCUT2D eigenvalue weighted by atomic mass is 19.4. The Bertz CT molecular complexity index is 569. The summed E-state index contributed by atoms with van der Waals surface area (Å²) >= 11 is 0. The number of alkyl halides is 3. The Balaban J connectivity index is 1.80. The lowest BCUT2D eigenvalue weighted by Crippen LogP contribution is -2.36. The van der Waals surface area contributed by atoms with Crippen LogP contribution in [0.4, 0.5) is 13.2 Å². The number of carbonyl (C=O) groups excluding carboxylic acids is 1. The number of carbonyl (C=O) groups is 1. The second-order valence-electron chi connectivity index (χ2n) is 7.05. The van der Waals surface area contributed by atoms with Gasteiger partial charge in [0, 0.05) is 6.42 Å². The third-order valence-corrected chi connectivity index (χ3v) is 4.81. The molecule has 26 heavy (non-hydrogen) atoms. The van der Waals surface area contributed by atoms with Gasteiger partial charge in [-0.15, -0.1) is 0 Å². The van der Waals surface area contributed by atoms with Crippen LogP contribution in [-0.2, 0) is 4.79 Å². The minimum Gasteiger partial charge on any atom is -0.484 e. The van der Waals surface area contributed by atoms with Crippen LogP contribution >= 0.6 is 0 Å². The van der Waals surface area contributed by atoms with Crippen LogP contribution in [0.25, 0.3) is 0 Å². The molecular weight excluding hydrogens is 345 g/mol. The van der Waals surface area contributed by atoms with Gasteiger partial charge in [-0.1, -0.05) is 19.1 Å². The van der Waals surface area contributed by atoms with Gasteiger partial charge in [0.2, 0.25) is 5.91 Å². The van der Waals surface area contributed by atoms with Crippen molar-refractivity contribution in [3.8, 4) is 5.75 Å². The van der Waals surface area contributed by atoms with E-state index in [4.69, 9.17) is 0 Å². The molecule has 1 fully saturated rings. The van der Waals surface area contributed by atoms with Gasteiger partial charge in [-0.25, -0.2) is 0 Å². The molecule has 1 aliphatic heterocycles. The zero-order chi connectivity index (χ0) is 19.2. The topological polar surface area (TPSA) is 50.4 Å². The van der Waals surface area contributed by atoms with E-state index in [1.54, 1.807) is 12.1 Å². The molecule has 0 bridgehead atoms. The van der Waals surface area contributed by atoms with Crippen molar-refractivity contribution >= 4 is 5.91 Å². The second-order valence-corrected chi connectivity index (χ2v) is 7.05. The molecule has 1 aliphatic rings. The zero-order valence-corrected chi connectivity index (χ0v) is 15.2. The quantitative estimate of drug-likeness (QED) is 0.765. The largest absolute Gasteiger partial charge is 0.484 e. The summed E-state index contributed by atoms with van der Waals surface area (Å²) in [6, 6.07) is 6.10. The first-order valence-corrected chi connectivity index (χ1v) is 9.04. The molecule has 3 atom stereocenters. The van der Waals surface area contributed by atoms with E-state index in [2.05, 4.69) is 22.3 Å². The molecule has 0 aliphatic carbocycles. The van der Waals surface area contributed by atoms with Gasteiger partial charge < -0.3 is 15.4 Å². The van der Waals surface area contributed by atoms with Crippen LogP contribution in [0, 0.1) is 11.8 Å². The van der Waals surface area contributed by atoms with Gasteiger partial charge in [0.25, 0.3) is 0 Å². The Morgan fingerprint density at radius 3 is 2.58 bits per heavy atom. The van der Waals surface area contributed by atoms with Gasteiger partial charge in [-0.2, -0.15) is 13.2 Å². The monoisotopic (exact) mass is 372 g/mol. The maximum Gasteiger partial charge on any atom is 0.422 e. The van der Waals surface area contributed by atoms with Crippen molar-refractivity contribution in [1.29, 1.82) is 0 Å². The molecule has 1 aromatic carbocycles. The molecule has 3 unspecified atom stereocenters. The number of rotatable bonds is 7. The van der Waals surface area contributed by atoms with Crippen LogP contribution in [0.15, 0.2) is 24.3 Å². The highest BCUT2D eigenvalue weighted by Gasteiger charge is 2.28. The minimum atomic E-state index is -4.36. The van der Waals surface area contributed by atoms with Crippen LogP contribution in [0.5, 0.6) is 5.75 Å². The molecule has 1 amide bonds. The van der Waals surface area contributed by atoms with Gasteiger partial charge in [-0.3, -0.25) is 4.79 Å². The van der Waals surface area contributed by atoms with E-state index in [9.17, 15) is 18.0 Å². The highest BCUT2D eigenvalue weighted by molar-refractivity contribution is 5.76. The number of benzene rings is 1. The fraction of sp³-hybridized carbons (Fsp3) is 0.632. The molecule has 0 aromatic heterocycles. The van der Waals surface area contributed by atoms with Gasteiger partial charge in [0.15, 0.2) is 6.61 Å². The molecular formula is C19H27F3N2O2. The summed E-state index contributed by atoms with van der Waals surface area (Å²) in [6.07, 6.45) is -1.58. The molecule has 0 spiro atoms. The summed E-state index contributed by atoms with van der Waals surface area (Å²) in [7, 11) is 0. The molecule has 7 heteroatoms. The average Bonchev–Trinajstić information content (AvgIpc) is 2.60. The van der Waals surface area contributed by atoms with Crippen molar-refractivity contribution in [2.45, 2.75) is 45.3 Å². The number of amides is 1. The SMILES string of the molecule is CC(NC(=O)CC(C)C1CCCNC1)c1ccc(OCC(F)(F)F)cc1. The van der Waals surface area contributed by atoms with Crippen LogP contribution in [-0.4, -0.2) is 31.8 Å². The van der Waals surface area contributed by atoms with Crippen LogP contribution in [0.1, 0.15) is 44.7 Å². The number of nitrogens with one attached hydrogen (secondary N) is 2. The van der Waals surface area contributed by atoms with Crippen molar-refractivity contribution in [3.05, 3.63) is 29.8 Å². The van der Waals surface area contributed by atoms with E-state index in [1.807, 2.05) is 6.92 Å². The standard InChI is InChI=1S/C19H27F3N2O2/c1-13(16-4-3-9-23-11-16)10-18(25)24-14(2)15-5-7-17(8-6-15)26-12-19(20,21)22/h5-8,13-14,16,23H,3-4,9-12H2,1-2H3,(H,24,25). The predicted molar refractivity (Wildman–Crippen MR) is 93.9 cm³/mol. The number of ether oxygens (including phenoxy) is 1. The van der Waals surface area contributed by atoms with E-state index < -0.39 is 12.8 Å². The van der Waals surface area contributed by atoms with E-state index in [1.165, 1.54) is 12.1 Å². The van der Waals surface area contributed by atoms with Gasteiger partial charge in [0.1, 0.15) is 5.75 Å². The third kappa shape index (κ3) is 6.86. The lowest BCUT2D eigenvalue weighted by atomic mass is 9.85. The summed E-state index contributed by atoms with van der Waals surface area (Å²) in [5.74, 6) is 0.985. The average molecular weight is 372 g/mol. The van der Waals surface area contributed by atoms with E-state index in [0.29, 0.717) is 18.3 Å². The van der Waals surface area contributed by atoms with Crippen molar-refractivity contribution in [2.24, 2.45) is 11.8 Å². The van der Waals surface area contributed by atoms with E-state index in [0.717, 1.165) is 31.5 Å². The Morgan fingerprint density at radius 1 is 1.31 bits per heavy atom. The number of hydrogen-bond acceptors (Lipinski definition) is 3. The molecule has 1 heterocycles. The van der Waals surface area contributed by atoms with Crippen molar-refractivity contribution in [3.63, 3.8) is 0 Å². The normalized spacial score (nSPS) is 20.3. The van der Waals surface area contributed by atoms with Crippen LogP contribution < -0.4 is 15.4 Å². The second kappa shape index (κ2) is 9.26. The molecule has 1 saturated heterocycles. The van der Waals surface area contributed by atoms with Gasteiger partial charge >= 0.3 is 6.18 Å². The number of halogens is 3. The third-order valence-electron chi connectivity index (χ3n) is 4.81. The Morgan fingerprint density at radius 2 is 2.00 bits per heavy atom. The molecule has 0 saturated carbocycles. The highest BCUT2D eigenvalue weighted by Crippen LogP contribution is 2.24. The first-order chi connectivity index (χ1) is 12.2. The molecule has 146 valence electrons. The lowest BCUT2D eigenvalue weighted by molar-refractivity contribution is -0.153. The first kappa shape index (κ1) is 20.6. The maximum absolute atomic E-state index is 12.3. The summed E-state index contributed by atoms with van der Waals surface area (Å²) in [5, 5.41) is 6.33. The summed E-state index contributed by atoms with van der Waals surface area (Å²) in [5.41, 5.74) is 0.824. The lowest BCUT2D eigenvalue weighted by Gasteiger charge is -2.28. The van der Waals surface area contributed by atoms with Crippen LogP contribution in [0.3, 0.4) is 0 Å². The Kier molecular flexibility index (Phi) is 7.32. The molecule has 4 nitrogen and oxygen atoms in total. The maximum atomic E-state index is 12.3. The fourth-order valence-electron chi connectivity index (χ4n) is 3.23. The van der Waals surface area contributed by atoms with Crippen molar-refractivity contribution in [1.82, 2.24) is 10.6 Å². The van der Waals surface area contributed by atoms with E-state index in [-0.39, 0.29) is 17.7 Å². The summed E-state index contributed by atoms with van der Waals surface area (Å²) < 4.78 is 41.2. The molecule has 1 aromatic rings. The molecule has 2 N–H and O–H groups in total. The smallest absolute Gasteiger partial charge is 0.422 e. The van der Waals surface area contributed by atoms with Crippen LogP contribution in [0.2, 0.25) is 0 Å². The first-order valence-electron chi connectivity index (χ1n) is 9.04. The number of hydrogen-bond donors (Lipinski definition) is 2. The van der Waals surface area contributed by atoms with Crippen molar-refractivity contribution < 1.29 is 22.7 Å². The van der Waals surface area contributed by atoms with Gasteiger partial charge in [0.05, 0.1) is 6.04 Å². The zero-order valence-electron chi connectivity index (χ0n) is 15.2.